The molecule has 2 amide bonds. The molecule has 2 N–H and O–H groups in total. The number of allylic oxidation sites excluding steroid dienone is 1. The Kier molecular flexibility index (Phi) is 13.1. The molecule has 2 aromatic carbocycles. The number of nitrogens with zero attached hydrogens (tertiary/aromatic N) is 1. The number of imide groups is 1. The molecule has 0 unspecified atom stereocenters. The molecular weight excluding hydrogens is 711 g/mol. The molecule has 2 fully saturated rings. The number of unbranched alkanes of at least 4 members (excludes halogenated alkanes) is 2. The van der Waals surface area contributed by atoms with Crippen molar-refractivity contribution >= 4 is 42.6 Å². The van der Waals surface area contributed by atoms with Crippen LogP contribution in [-0.2, 0) is 30.2 Å². The van der Waals surface area contributed by atoms with Crippen molar-refractivity contribution in [2.75, 3.05) is 19.8 Å². The lowest BCUT2D eigenvalue weighted by Gasteiger charge is -2.44. The molecule has 6 rings (SSSR count). The number of fused-ring (bicyclic) bond motifs is 3. The molecule has 55 heavy (non-hydrogen) atoms. The predicted molar refractivity (Wildman–Crippen MR) is 215 cm³/mol. The van der Waals surface area contributed by atoms with Gasteiger partial charge in [0.25, 0.3) is 8.32 Å². The van der Waals surface area contributed by atoms with Gasteiger partial charge < -0.3 is 23.8 Å². The first-order chi connectivity index (χ1) is 26.5. The average molecular weight is 768 g/mol. The second-order valence-corrected chi connectivity index (χ2v) is 20.7. The lowest BCUT2D eigenvalue weighted by molar-refractivity contribution is -0.141. The molecule has 1 aliphatic carbocycles. The minimum Gasteiger partial charge on any atom is -0.481 e. The van der Waals surface area contributed by atoms with E-state index in [1.165, 1.54) is 20.8 Å². The molecular formula is C45H57NO8Si. The number of carbonyl (C=O) groups is 3. The fourth-order valence-electron chi connectivity index (χ4n) is 9.24. The van der Waals surface area contributed by atoms with E-state index in [1.807, 2.05) is 18.2 Å². The van der Waals surface area contributed by atoms with Crippen LogP contribution in [0.5, 0.6) is 0 Å². The maximum Gasteiger partial charge on any atom is 0.303 e. The predicted octanol–water partition coefficient (Wildman–Crippen LogP) is 7.27. The van der Waals surface area contributed by atoms with Gasteiger partial charge >= 0.3 is 5.97 Å². The zero-order valence-corrected chi connectivity index (χ0v) is 33.8. The molecule has 3 heterocycles. The van der Waals surface area contributed by atoms with Crippen molar-refractivity contribution in [2.45, 2.75) is 103 Å². The van der Waals surface area contributed by atoms with Gasteiger partial charge in [0, 0.05) is 18.9 Å². The van der Waals surface area contributed by atoms with Gasteiger partial charge in [-0.3, -0.25) is 19.3 Å². The number of carboxylic acid groups (broad SMARTS) is 1. The molecule has 4 atom stereocenters. The number of carbonyl (C=O) groups excluding carboxylic acids is 2. The molecule has 0 radical (unpaired) electrons. The summed E-state index contributed by atoms with van der Waals surface area (Å²) in [5.74, 6) is -1.02. The molecule has 2 saturated heterocycles. The van der Waals surface area contributed by atoms with E-state index in [4.69, 9.17) is 18.7 Å². The van der Waals surface area contributed by atoms with Crippen LogP contribution in [0.3, 0.4) is 0 Å². The third-order valence-electron chi connectivity index (χ3n) is 11.7. The number of likely N-dealkylation sites (tertiary alicyclic amines) is 1. The fraction of sp³-hybridized carbons (Fsp3) is 0.489. The van der Waals surface area contributed by atoms with Crippen LogP contribution in [0.15, 0.2) is 93.9 Å². The third-order valence-corrected chi connectivity index (χ3v) is 16.7. The third kappa shape index (κ3) is 8.67. The van der Waals surface area contributed by atoms with Crippen molar-refractivity contribution < 1.29 is 38.2 Å². The largest absolute Gasteiger partial charge is 0.481 e. The van der Waals surface area contributed by atoms with Gasteiger partial charge in [0.15, 0.2) is 0 Å². The summed E-state index contributed by atoms with van der Waals surface area (Å²) >= 11 is 0. The zero-order valence-electron chi connectivity index (χ0n) is 32.8. The first kappa shape index (κ1) is 40.6. The number of aliphatic hydroxyl groups excluding tert-OH is 1. The zero-order chi connectivity index (χ0) is 39.2. The first-order valence-corrected chi connectivity index (χ1v) is 21.9. The van der Waals surface area contributed by atoms with Crippen molar-refractivity contribution in [3.05, 3.63) is 101 Å². The second-order valence-electron chi connectivity index (χ2n) is 16.4. The number of carboxylic acids is 1. The van der Waals surface area contributed by atoms with E-state index in [0.29, 0.717) is 51.2 Å². The Labute approximate surface area is 326 Å². The van der Waals surface area contributed by atoms with Crippen molar-refractivity contribution in [1.82, 2.24) is 4.90 Å². The number of benzene rings is 2. The van der Waals surface area contributed by atoms with Crippen LogP contribution in [0.25, 0.3) is 6.08 Å². The summed E-state index contributed by atoms with van der Waals surface area (Å²) < 4.78 is 19.9. The van der Waals surface area contributed by atoms with Gasteiger partial charge in [-0.15, -0.1) is 0 Å². The Morgan fingerprint density at radius 3 is 2.20 bits per heavy atom. The van der Waals surface area contributed by atoms with Crippen LogP contribution < -0.4 is 10.4 Å². The van der Waals surface area contributed by atoms with E-state index in [-0.39, 0.29) is 41.9 Å². The summed E-state index contributed by atoms with van der Waals surface area (Å²) in [4.78, 5) is 40.7. The summed E-state index contributed by atoms with van der Waals surface area (Å²) in [6.07, 6.45) is 7.48. The van der Waals surface area contributed by atoms with Gasteiger partial charge in [-0.25, -0.2) is 0 Å². The standard InChI is InChI=1S/C45H57NO8Si/c1-5-15-31(26-33-22-23-34(28-47)54-33)21-24-39-41-32(29-53-55(45(2,3)4,35-16-9-6-10-17-35)36-18-11-7-12-19-36)27-37-42(38(41)30-52-39)44(51)46(43(37)50)25-14-8-13-20-40(48)49/h6-7,9-12,16-19,22-23,26,37-39,42,47H,5,8,13-15,20-21,24-25,27-30H2,1-4H3,(H,48,49)/b31-26+/t37-,38+,39-,42-/m1/s1. The van der Waals surface area contributed by atoms with E-state index >= 15 is 0 Å². The molecule has 294 valence electrons. The summed E-state index contributed by atoms with van der Waals surface area (Å²) in [6.45, 7) is 9.81. The number of ether oxygens (including phenoxy) is 1. The maximum absolute atomic E-state index is 14.1. The van der Waals surface area contributed by atoms with E-state index in [0.717, 1.165) is 42.6 Å². The van der Waals surface area contributed by atoms with Crippen LogP contribution in [0.1, 0.15) is 97.0 Å². The van der Waals surface area contributed by atoms with Crippen molar-refractivity contribution in [3.63, 3.8) is 0 Å². The minimum absolute atomic E-state index is 0.0796. The SMILES string of the molecule is CCC/C(=C\c1ccc(CO)o1)CC[C@H]1OC[C@H]2C1=C(CO[Si](c1ccccc1)(c1ccccc1)C(C)(C)C)C[C@H]1C(=O)N(CCCCCC(=O)O)C(=O)[C@H]12. The molecule has 10 heteroatoms. The summed E-state index contributed by atoms with van der Waals surface area (Å²) in [6, 6.07) is 24.8. The minimum atomic E-state index is -2.92. The van der Waals surface area contributed by atoms with E-state index < -0.39 is 26.1 Å². The van der Waals surface area contributed by atoms with Gasteiger partial charge in [0.1, 0.15) is 18.1 Å². The topological polar surface area (TPSA) is 127 Å². The Balaban J connectivity index is 1.34. The van der Waals surface area contributed by atoms with Crippen LogP contribution in [0.2, 0.25) is 5.04 Å². The Morgan fingerprint density at radius 2 is 1.60 bits per heavy atom. The summed E-state index contributed by atoms with van der Waals surface area (Å²) in [5.41, 5.74) is 3.43. The van der Waals surface area contributed by atoms with Gasteiger partial charge in [-0.05, 0) is 83.3 Å². The lowest BCUT2D eigenvalue weighted by Crippen LogP contribution is -2.66. The molecule has 1 aromatic heterocycles. The van der Waals surface area contributed by atoms with Gasteiger partial charge in [-0.1, -0.05) is 107 Å². The Hall–Kier alpha value is -4.09. The van der Waals surface area contributed by atoms with Crippen LogP contribution >= 0.6 is 0 Å². The average Bonchev–Trinajstić information content (AvgIpc) is 3.87. The van der Waals surface area contributed by atoms with Crippen molar-refractivity contribution in [3.8, 4) is 0 Å². The highest BCUT2D eigenvalue weighted by molar-refractivity contribution is 6.99. The monoisotopic (exact) mass is 767 g/mol. The number of aliphatic hydroxyl groups is 1. The summed E-state index contributed by atoms with van der Waals surface area (Å²) in [5, 5.41) is 20.7. The highest BCUT2D eigenvalue weighted by atomic mass is 28.4. The molecule has 3 aromatic rings. The van der Waals surface area contributed by atoms with Gasteiger partial charge in [0.2, 0.25) is 11.8 Å². The number of rotatable bonds is 18. The quantitative estimate of drug-likeness (QED) is 0.0599. The Bertz CT molecular complexity index is 1820. The molecule has 0 bridgehead atoms. The van der Waals surface area contributed by atoms with Crippen molar-refractivity contribution in [1.29, 1.82) is 0 Å². The highest BCUT2D eigenvalue weighted by Crippen LogP contribution is 2.50. The maximum atomic E-state index is 14.1. The van der Waals surface area contributed by atoms with Gasteiger partial charge in [-0.2, -0.15) is 0 Å². The number of aliphatic carboxylic acids is 1. The highest BCUT2D eigenvalue weighted by Gasteiger charge is 2.57. The van der Waals surface area contributed by atoms with E-state index in [2.05, 4.69) is 82.3 Å². The molecule has 0 spiro atoms. The van der Waals surface area contributed by atoms with Crippen LogP contribution in [-0.4, -0.2) is 67.1 Å². The van der Waals surface area contributed by atoms with Crippen LogP contribution in [0, 0.1) is 17.8 Å². The lowest BCUT2D eigenvalue weighted by atomic mass is 9.69. The normalized spacial score (nSPS) is 21.7. The van der Waals surface area contributed by atoms with Gasteiger partial charge in [0.05, 0.1) is 31.2 Å². The first-order valence-electron chi connectivity index (χ1n) is 20.0. The second kappa shape index (κ2) is 17.8. The molecule has 3 aliphatic rings. The molecule has 9 nitrogen and oxygen atoms in total. The number of hydrogen-bond acceptors (Lipinski definition) is 7. The fourth-order valence-corrected chi connectivity index (χ4v) is 13.8. The summed E-state index contributed by atoms with van der Waals surface area (Å²) in [7, 11) is -2.92. The van der Waals surface area contributed by atoms with E-state index in [9.17, 15) is 19.5 Å². The van der Waals surface area contributed by atoms with E-state index in [1.54, 1.807) is 6.07 Å². The number of furan rings is 1. The number of amides is 2. The smallest absolute Gasteiger partial charge is 0.303 e. The van der Waals surface area contributed by atoms with Crippen LogP contribution in [0.4, 0.5) is 0 Å². The number of hydrogen-bond donors (Lipinski definition) is 2. The Morgan fingerprint density at radius 1 is 0.909 bits per heavy atom. The van der Waals surface area contributed by atoms with Crippen molar-refractivity contribution in [2.24, 2.45) is 17.8 Å². The molecule has 2 aliphatic heterocycles. The molecule has 0 saturated carbocycles.